The summed E-state index contributed by atoms with van der Waals surface area (Å²) in [4.78, 5) is 10.4. The molecule has 1 radical (unpaired) electrons. The molecule has 1 aromatic rings. The van der Waals surface area contributed by atoms with Crippen molar-refractivity contribution >= 4 is 5.97 Å². The van der Waals surface area contributed by atoms with Gasteiger partial charge in [-0.05, 0) is 18.2 Å². The molecule has 12 heavy (non-hydrogen) atoms. The van der Waals surface area contributed by atoms with Crippen LogP contribution in [0.5, 0.6) is 11.5 Å². The first kappa shape index (κ1) is 6.97. The van der Waals surface area contributed by atoms with Crippen LogP contribution >= 0.6 is 0 Å². The molecule has 0 aliphatic carbocycles. The fourth-order valence-corrected chi connectivity index (χ4v) is 1.02. The van der Waals surface area contributed by atoms with E-state index in [1.54, 1.807) is 6.07 Å². The lowest BCUT2D eigenvalue weighted by molar-refractivity contribution is 0.0572. The van der Waals surface area contributed by atoms with E-state index < -0.39 is 5.97 Å². The maximum absolute atomic E-state index is 10.4. The Kier molecular flexibility index (Phi) is 1.40. The second-order valence-electron chi connectivity index (χ2n) is 2.36. The molecule has 0 saturated heterocycles. The molecule has 0 saturated carbocycles. The Balaban J connectivity index is 2.45. The molecule has 1 aliphatic heterocycles. The van der Waals surface area contributed by atoms with Crippen molar-refractivity contribution in [2.24, 2.45) is 0 Å². The Bertz CT molecular complexity index is 332. The van der Waals surface area contributed by atoms with Gasteiger partial charge in [0, 0.05) is 0 Å². The third-order valence-electron chi connectivity index (χ3n) is 1.61. The van der Waals surface area contributed by atoms with E-state index in [4.69, 9.17) is 9.47 Å². The highest BCUT2D eigenvalue weighted by Crippen LogP contribution is 2.32. The minimum absolute atomic E-state index is 0.0965. The van der Waals surface area contributed by atoms with Crippen LogP contribution in [0.4, 0.5) is 0 Å². The van der Waals surface area contributed by atoms with E-state index >= 15 is 0 Å². The highest BCUT2D eigenvalue weighted by atomic mass is 16.7. The molecule has 4 heteroatoms. The van der Waals surface area contributed by atoms with Gasteiger partial charge < -0.3 is 9.47 Å². The van der Waals surface area contributed by atoms with E-state index in [9.17, 15) is 9.90 Å². The highest BCUT2D eigenvalue weighted by Gasteiger charge is 2.15. The van der Waals surface area contributed by atoms with E-state index in [0.717, 1.165) is 0 Å². The zero-order valence-corrected chi connectivity index (χ0v) is 6.07. The van der Waals surface area contributed by atoms with Crippen molar-refractivity contribution in [2.75, 3.05) is 6.79 Å². The topological polar surface area (TPSA) is 55.4 Å². The van der Waals surface area contributed by atoms with Gasteiger partial charge in [0.2, 0.25) is 6.79 Å². The van der Waals surface area contributed by atoms with E-state index in [1.807, 2.05) is 0 Å². The molecule has 0 atom stereocenters. The lowest BCUT2D eigenvalue weighted by atomic mass is 10.2. The van der Waals surface area contributed by atoms with Gasteiger partial charge in [0.15, 0.2) is 11.5 Å². The first-order valence-electron chi connectivity index (χ1n) is 3.38. The van der Waals surface area contributed by atoms with Gasteiger partial charge in [-0.1, -0.05) is 0 Å². The zero-order chi connectivity index (χ0) is 8.55. The van der Waals surface area contributed by atoms with Crippen LogP contribution in [0.25, 0.3) is 0 Å². The molecule has 0 aromatic heterocycles. The van der Waals surface area contributed by atoms with Crippen molar-refractivity contribution < 1.29 is 19.4 Å². The fraction of sp³-hybridized carbons (Fsp3) is 0.125. The van der Waals surface area contributed by atoms with Gasteiger partial charge in [0.25, 0.3) is 0 Å². The lowest BCUT2D eigenvalue weighted by Crippen LogP contribution is -1.94. The minimum atomic E-state index is -1.21. The lowest BCUT2D eigenvalue weighted by Gasteiger charge is -1.95. The largest absolute Gasteiger partial charge is 0.454 e. The number of fused-ring (bicyclic) bond motifs is 1. The van der Waals surface area contributed by atoms with Crippen LogP contribution in [0.2, 0.25) is 0 Å². The Morgan fingerprint density at radius 1 is 1.25 bits per heavy atom. The van der Waals surface area contributed by atoms with Crippen LogP contribution in [-0.4, -0.2) is 12.8 Å². The van der Waals surface area contributed by atoms with E-state index in [-0.39, 0.29) is 12.4 Å². The Hall–Kier alpha value is -1.71. The van der Waals surface area contributed by atoms with E-state index in [0.29, 0.717) is 11.5 Å². The summed E-state index contributed by atoms with van der Waals surface area (Å²) in [6.45, 7) is 0.145. The number of carbonyl (C=O) groups is 1. The van der Waals surface area contributed by atoms with Crippen LogP contribution in [-0.2, 0) is 5.11 Å². The van der Waals surface area contributed by atoms with Crippen LogP contribution < -0.4 is 9.47 Å². The molecule has 0 unspecified atom stereocenters. The third kappa shape index (κ3) is 0.972. The second-order valence-corrected chi connectivity index (χ2v) is 2.36. The summed E-state index contributed by atoms with van der Waals surface area (Å²) >= 11 is 0. The molecule has 0 amide bonds. The van der Waals surface area contributed by atoms with Crippen LogP contribution in [0, 0.1) is 0 Å². The molecule has 0 bridgehead atoms. The maximum atomic E-state index is 10.4. The highest BCUT2D eigenvalue weighted by molar-refractivity contribution is 5.88. The Morgan fingerprint density at radius 3 is 2.75 bits per heavy atom. The Morgan fingerprint density at radius 2 is 2.00 bits per heavy atom. The third-order valence-corrected chi connectivity index (χ3v) is 1.61. The van der Waals surface area contributed by atoms with Crippen molar-refractivity contribution in [1.29, 1.82) is 0 Å². The van der Waals surface area contributed by atoms with Gasteiger partial charge in [0.05, 0.1) is 5.56 Å². The first-order valence-corrected chi connectivity index (χ1v) is 3.38. The predicted molar refractivity (Wildman–Crippen MR) is 37.6 cm³/mol. The van der Waals surface area contributed by atoms with Gasteiger partial charge in [-0.25, -0.2) is 9.90 Å². The average molecular weight is 165 g/mol. The van der Waals surface area contributed by atoms with Crippen molar-refractivity contribution in [3.8, 4) is 11.5 Å². The number of carbonyl (C=O) groups excluding carboxylic acids is 1. The molecule has 2 rings (SSSR count). The summed E-state index contributed by atoms with van der Waals surface area (Å²) in [5, 5.41) is 10.4. The number of ether oxygens (including phenoxy) is 2. The molecule has 1 heterocycles. The van der Waals surface area contributed by atoms with Crippen LogP contribution in [0.15, 0.2) is 18.2 Å². The molecule has 0 spiro atoms. The SMILES string of the molecule is [O]C(=O)c1ccc2c(c1)OCO2. The minimum Gasteiger partial charge on any atom is -0.454 e. The number of rotatable bonds is 1. The quantitative estimate of drug-likeness (QED) is 0.623. The van der Waals surface area contributed by atoms with Crippen LogP contribution in [0.1, 0.15) is 10.4 Å². The standard InChI is InChI=1S/C8H5O4/c9-8(10)5-1-2-6-7(3-5)12-4-11-6/h1-3H,4H2. The van der Waals surface area contributed by atoms with E-state index in [1.165, 1.54) is 12.1 Å². The number of hydrogen-bond donors (Lipinski definition) is 0. The summed E-state index contributed by atoms with van der Waals surface area (Å²) in [5.74, 6) is -0.190. The molecule has 1 aromatic carbocycles. The number of benzene rings is 1. The predicted octanol–water partition coefficient (Wildman–Crippen LogP) is 0.986. The van der Waals surface area contributed by atoms with Gasteiger partial charge >= 0.3 is 5.97 Å². The number of hydrogen-bond acceptors (Lipinski definition) is 3. The van der Waals surface area contributed by atoms with Crippen molar-refractivity contribution in [3.05, 3.63) is 23.8 Å². The summed E-state index contributed by atoms with van der Waals surface area (Å²) < 4.78 is 9.97. The smallest absolute Gasteiger partial charge is 0.386 e. The van der Waals surface area contributed by atoms with Gasteiger partial charge in [-0.3, -0.25) is 0 Å². The summed E-state index contributed by atoms with van der Waals surface area (Å²) in [6.07, 6.45) is 0. The van der Waals surface area contributed by atoms with Crippen molar-refractivity contribution in [2.45, 2.75) is 0 Å². The molecular weight excluding hydrogens is 160 g/mol. The summed E-state index contributed by atoms with van der Waals surface area (Å²) in [6, 6.07) is 4.36. The first-order chi connectivity index (χ1) is 5.77. The van der Waals surface area contributed by atoms with Crippen molar-refractivity contribution in [1.82, 2.24) is 0 Å². The van der Waals surface area contributed by atoms with Gasteiger partial charge in [-0.15, -0.1) is 0 Å². The molecule has 0 fully saturated rings. The summed E-state index contributed by atoms with van der Waals surface area (Å²) in [5.41, 5.74) is 0.0965. The average Bonchev–Trinajstić information content (AvgIpc) is 2.49. The Labute approximate surface area is 68.3 Å². The zero-order valence-electron chi connectivity index (χ0n) is 6.07. The monoisotopic (exact) mass is 165 g/mol. The molecule has 4 nitrogen and oxygen atoms in total. The molecule has 61 valence electrons. The van der Waals surface area contributed by atoms with Crippen molar-refractivity contribution in [3.63, 3.8) is 0 Å². The fourth-order valence-electron chi connectivity index (χ4n) is 1.02. The van der Waals surface area contributed by atoms with Gasteiger partial charge in [-0.2, -0.15) is 0 Å². The van der Waals surface area contributed by atoms with Crippen LogP contribution in [0.3, 0.4) is 0 Å². The van der Waals surface area contributed by atoms with Gasteiger partial charge in [0.1, 0.15) is 0 Å². The second kappa shape index (κ2) is 2.41. The normalized spacial score (nSPS) is 13.0. The molecule has 1 aliphatic rings. The van der Waals surface area contributed by atoms with E-state index in [2.05, 4.69) is 0 Å². The maximum Gasteiger partial charge on any atom is 0.386 e. The molecular formula is C8H5O4. The summed E-state index contributed by atoms with van der Waals surface area (Å²) in [7, 11) is 0. The molecule has 0 N–H and O–H groups in total.